The molecule has 0 unspecified atom stereocenters. The molecule has 1 aliphatic carbocycles. The van der Waals surface area contributed by atoms with E-state index in [1.165, 1.54) is 6.07 Å². The number of benzene rings is 1. The quantitative estimate of drug-likeness (QED) is 0.714. The van der Waals surface area contributed by atoms with E-state index >= 15 is 0 Å². The van der Waals surface area contributed by atoms with Gasteiger partial charge in [-0.2, -0.15) is 0 Å². The van der Waals surface area contributed by atoms with Gasteiger partial charge in [-0.1, -0.05) is 17.7 Å². The maximum absolute atomic E-state index is 13.6. The van der Waals surface area contributed by atoms with E-state index in [0.717, 1.165) is 12.8 Å². The molecule has 0 amide bonds. The lowest BCUT2D eigenvalue weighted by Crippen LogP contribution is -2.13. The Hall–Kier alpha value is -0.890. The van der Waals surface area contributed by atoms with E-state index in [9.17, 15) is 9.18 Å². The van der Waals surface area contributed by atoms with Crippen LogP contribution in [0.3, 0.4) is 0 Å². The zero-order chi connectivity index (χ0) is 10.8. The molecule has 0 atom stereocenters. The Labute approximate surface area is 93.2 Å². The molecule has 0 saturated heterocycles. The molecule has 0 spiro atoms. The van der Waals surface area contributed by atoms with Crippen molar-refractivity contribution < 1.29 is 9.18 Å². The highest BCUT2D eigenvalue weighted by molar-refractivity contribution is 6.30. The molecule has 1 aromatic rings. The SMILES string of the molecule is O=C1CCC(c2ccc(Cl)cc2F)CC1. The van der Waals surface area contributed by atoms with Crippen molar-refractivity contribution in [1.29, 1.82) is 0 Å². The van der Waals surface area contributed by atoms with Gasteiger partial charge in [-0.25, -0.2) is 4.39 Å². The summed E-state index contributed by atoms with van der Waals surface area (Å²) in [5, 5.41) is 0.420. The smallest absolute Gasteiger partial charge is 0.132 e. The first-order chi connectivity index (χ1) is 7.16. The van der Waals surface area contributed by atoms with Crippen LogP contribution in [0.5, 0.6) is 0 Å². The summed E-state index contributed by atoms with van der Waals surface area (Å²) >= 11 is 5.68. The van der Waals surface area contributed by atoms with E-state index in [1.54, 1.807) is 12.1 Å². The lowest BCUT2D eigenvalue weighted by atomic mass is 9.83. The molecule has 1 aliphatic rings. The Morgan fingerprint density at radius 2 is 1.93 bits per heavy atom. The lowest BCUT2D eigenvalue weighted by Gasteiger charge is -2.21. The molecule has 1 fully saturated rings. The summed E-state index contributed by atoms with van der Waals surface area (Å²) in [7, 11) is 0. The normalized spacial score (nSPS) is 18.1. The fourth-order valence-corrected chi connectivity index (χ4v) is 2.24. The number of carbonyl (C=O) groups excluding carboxylic acids is 1. The Morgan fingerprint density at radius 3 is 2.53 bits per heavy atom. The summed E-state index contributed by atoms with van der Waals surface area (Å²) in [6.45, 7) is 0. The highest BCUT2D eigenvalue weighted by Gasteiger charge is 2.22. The highest BCUT2D eigenvalue weighted by atomic mass is 35.5. The van der Waals surface area contributed by atoms with E-state index in [0.29, 0.717) is 29.2 Å². The molecule has 1 saturated carbocycles. The Bertz CT molecular complexity index is 379. The summed E-state index contributed by atoms with van der Waals surface area (Å²) < 4.78 is 13.6. The molecule has 2 rings (SSSR count). The van der Waals surface area contributed by atoms with Crippen LogP contribution in [0.1, 0.15) is 37.2 Å². The number of halogens is 2. The minimum Gasteiger partial charge on any atom is -0.300 e. The van der Waals surface area contributed by atoms with E-state index in [2.05, 4.69) is 0 Å². The summed E-state index contributed by atoms with van der Waals surface area (Å²) in [6.07, 6.45) is 2.67. The number of rotatable bonds is 1. The standard InChI is InChI=1S/C12H12ClFO/c13-9-3-6-11(12(14)7-9)8-1-4-10(15)5-2-8/h3,6-8H,1-2,4-5H2. The average Bonchev–Trinajstić information content (AvgIpc) is 2.20. The van der Waals surface area contributed by atoms with Crippen LogP contribution in [0.2, 0.25) is 5.02 Å². The van der Waals surface area contributed by atoms with Gasteiger partial charge in [0.2, 0.25) is 0 Å². The third-order valence-electron chi connectivity index (χ3n) is 2.95. The minimum absolute atomic E-state index is 0.181. The third kappa shape index (κ3) is 2.37. The van der Waals surface area contributed by atoms with Crippen molar-refractivity contribution in [2.75, 3.05) is 0 Å². The second kappa shape index (κ2) is 4.31. The summed E-state index contributed by atoms with van der Waals surface area (Å²) in [5.74, 6) is 0.224. The van der Waals surface area contributed by atoms with E-state index in [1.807, 2.05) is 0 Å². The van der Waals surface area contributed by atoms with Crippen molar-refractivity contribution >= 4 is 17.4 Å². The molecule has 15 heavy (non-hydrogen) atoms. The highest BCUT2D eigenvalue weighted by Crippen LogP contribution is 2.33. The molecule has 1 aromatic carbocycles. The summed E-state index contributed by atoms with van der Waals surface area (Å²) in [5.41, 5.74) is 0.701. The van der Waals surface area contributed by atoms with Crippen LogP contribution < -0.4 is 0 Å². The van der Waals surface area contributed by atoms with E-state index in [-0.39, 0.29) is 11.7 Å². The molecule has 3 heteroatoms. The summed E-state index contributed by atoms with van der Waals surface area (Å²) in [6, 6.07) is 4.78. The number of ketones is 1. The monoisotopic (exact) mass is 226 g/mol. The van der Waals surface area contributed by atoms with Gasteiger partial charge in [0.15, 0.2) is 0 Å². The number of hydrogen-bond donors (Lipinski definition) is 0. The molecule has 0 aliphatic heterocycles. The molecular weight excluding hydrogens is 215 g/mol. The van der Waals surface area contributed by atoms with Crippen LogP contribution in [0.15, 0.2) is 18.2 Å². The molecule has 0 radical (unpaired) electrons. The van der Waals surface area contributed by atoms with Crippen LogP contribution in [0.4, 0.5) is 4.39 Å². The predicted octanol–water partition coefficient (Wildman–Crippen LogP) is 3.71. The van der Waals surface area contributed by atoms with Crippen molar-refractivity contribution in [3.8, 4) is 0 Å². The summed E-state index contributed by atoms with van der Waals surface area (Å²) in [4.78, 5) is 11.1. The second-order valence-corrected chi connectivity index (χ2v) is 4.42. The van der Waals surface area contributed by atoms with Crippen LogP contribution in [0.25, 0.3) is 0 Å². The average molecular weight is 227 g/mol. The zero-order valence-electron chi connectivity index (χ0n) is 8.30. The molecule has 0 aromatic heterocycles. The van der Waals surface area contributed by atoms with Crippen molar-refractivity contribution in [3.63, 3.8) is 0 Å². The Morgan fingerprint density at radius 1 is 1.27 bits per heavy atom. The van der Waals surface area contributed by atoms with Crippen LogP contribution in [-0.2, 0) is 4.79 Å². The van der Waals surface area contributed by atoms with Crippen molar-refractivity contribution in [3.05, 3.63) is 34.6 Å². The predicted molar refractivity (Wildman–Crippen MR) is 57.6 cm³/mol. The van der Waals surface area contributed by atoms with Crippen LogP contribution >= 0.6 is 11.6 Å². The number of carbonyl (C=O) groups is 1. The fourth-order valence-electron chi connectivity index (χ4n) is 2.08. The number of hydrogen-bond acceptors (Lipinski definition) is 1. The first kappa shape index (κ1) is 10.6. The van der Waals surface area contributed by atoms with Gasteiger partial charge >= 0.3 is 0 Å². The van der Waals surface area contributed by atoms with E-state index in [4.69, 9.17) is 11.6 Å². The van der Waals surface area contributed by atoms with E-state index < -0.39 is 0 Å². The van der Waals surface area contributed by atoms with Gasteiger partial charge < -0.3 is 0 Å². The maximum atomic E-state index is 13.6. The lowest BCUT2D eigenvalue weighted by molar-refractivity contribution is -0.120. The second-order valence-electron chi connectivity index (χ2n) is 3.98. The first-order valence-corrected chi connectivity index (χ1v) is 5.51. The van der Waals surface area contributed by atoms with Gasteiger partial charge in [0, 0.05) is 17.9 Å². The van der Waals surface area contributed by atoms with Crippen molar-refractivity contribution in [2.45, 2.75) is 31.6 Å². The fraction of sp³-hybridized carbons (Fsp3) is 0.417. The first-order valence-electron chi connectivity index (χ1n) is 5.13. The zero-order valence-corrected chi connectivity index (χ0v) is 9.06. The minimum atomic E-state index is -0.248. The van der Waals surface area contributed by atoms with Crippen molar-refractivity contribution in [1.82, 2.24) is 0 Å². The van der Waals surface area contributed by atoms with Gasteiger partial charge in [0.05, 0.1) is 0 Å². The molecular formula is C12H12ClFO. The number of Topliss-reactive ketones (excluding diaryl/α,β-unsaturated/α-hetero) is 1. The Kier molecular flexibility index (Phi) is 3.06. The molecule has 1 nitrogen and oxygen atoms in total. The van der Waals surface area contributed by atoms with Gasteiger partial charge in [0.1, 0.15) is 11.6 Å². The van der Waals surface area contributed by atoms with Crippen LogP contribution in [-0.4, -0.2) is 5.78 Å². The van der Waals surface area contributed by atoms with Gasteiger partial charge in [0.25, 0.3) is 0 Å². The largest absolute Gasteiger partial charge is 0.300 e. The van der Waals surface area contributed by atoms with Crippen LogP contribution in [0, 0.1) is 5.82 Å². The third-order valence-corrected chi connectivity index (χ3v) is 3.18. The molecule has 80 valence electrons. The maximum Gasteiger partial charge on any atom is 0.132 e. The molecule has 0 bridgehead atoms. The Balaban J connectivity index is 2.19. The molecule has 0 heterocycles. The van der Waals surface area contributed by atoms with Gasteiger partial charge in [-0.05, 0) is 36.5 Å². The van der Waals surface area contributed by atoms with Gasteiger partial charge in [-0.15, -0.1) is 0 Å². The van der Waals surface area contributed by atoms with Crippen molar-refractivity contribution in [2.24, 2.45) is 0 Å². The topological polar surface area (TPSA) is 17.1 Å². The molecule has 0 N–H and O–H groups in total. The van der Waals surface area contributed by atoms with Gasteiger partial charge in [-0.3, -0.25) is 4.79 Å².